The molecule has 0 aliphatic heterocycles. The van der Waals surface area contributed by atoms with Crippen molar-refractivity contribution in [3.05, 3.63) is 35.6 Å². The molecule has 2 rings (SSSR count). The summed E-state index contributed by atoms with van der Waals surface area (Å²) in [6, 6.07) is 6.38. The molecule has 2 nitrogen and oxygen atoms in total. The Hall–Kier alpha value is -0.930. The van der Waals surface area contributed by atoms with Gasteiger partial charge in [0.05, 0.1) is 11.7 Å². The van der Waals surface area contributed by atoms with Crippen molar-refractivity contribution in [3.63, 3.8) is 0 Å². The van der Waals surface area contributed by atoms with Crippen LogP contribution in [0.4, 0.5) is 4.39 Å². The van der Waals surface area contributed by atoms with Gasteiger partial charge in [0, 0.05) is 13.5 Å². The fourth-order valence-corrected chi connectivity index (χ4v) is 2.52. The average Bonchev–Trinajstić information content (AvgIpc) is 2.33. The molecule has 0 spiro atoms. The molecule has 1 aliphatic rings. The minimum atomic E-state index is -0.646. The highest BCUT2D eigenvalue weighted by Gasteiger charge is 2.33. The Morgan fingerprint density at radius 2 is 1.88 bits per heavy atom. The van der Waals surface area contributed by atoms with Gasteiger partial charge in [-0.05, 0) is 43.4 Å². The van der Waals surface area contributed by atoms with E-state index in [0.717, 1.165) is 31.2 Å². The van der Waals surface area contributed by atoms with Crippen LogP contribution in [0, 0.1) is 5.82 Å². The maximum Gasteiger partial charge on any atom is 0.123 e. The van der Waals surface area contributed by atoms with Crippen LogP contribution < -0.4 is 0 Å². The van der Waals surface area contributed by atoms with E-state index in [4.69, 9.17) is 4.74 Å². The van der Waals surface area contributed by atoms with E-state index in [1.54, 1.807) is 19.2 Å². The molecule has 1 aliphatic carbocycles. The number of rotatable bonds is 3. The molecule has 1 N–H and O–H groups in total. The molecule has 0 amide bonds. The maximum absolute atomic E-state index is 12.8. The van der Waals surface area contributed by atoms with Gasteiger partial charge in [-0.1, -0.05) is 12.1 Å². The van der Waals surface area contributed by atoms with Gasteiger partial charge >= 0.3 is 0 Å². The zero-order valence-electron chi connectivity index (χ0n) is 10.2. The number of hydrogen-bond donors (Lipinski definition) is 1. The van der Waals surface area contributed by atoms with Crippen molar-refractivity contribution in [2.24, 2.45) is 0 Å². The Labute approximate surface area is 101 Å². The Morgan fingerprint density at radius 1 is 1.29 bits per heavy atom. The van der Waals surface area contributed by atoms with Crippen LogP contribution in [0.25, 0.3) is 0 Å². The van der Waals surface area contributed by atoms with Crippen LogP contribution in [0.1, 0.15) is 31.2 Å². The first-order valence-corrected chi connectivity index (χ1v) is 6.11. The van der Waals surface area contributed by atoms with Crippen LogP contribution >= 0.6 is 0 Å². The summed E-state index contributed by atoms with van der Waals surface area (Å²) in [7, 11) is 1.72. The molecule has 0 radical (unpaired) electrons. The van der Waals surface area contributed by atoms with E-state index in [9.17, 15) is 9.50 Å². The van der Waals surface area contributed by atoms with Crippen molar-refractivity contribution < 1.29 is 14.2 Å². The summed E-state index contributed by atoms with van der Waals surface area (Å²) < 4.78 is 18.1. The van der Waals surface area contributed by atoms with E-state index in [-0.39, 0.29) is 11.9 Å². The number of hydrogen-bond acceptors (Lipinski definition) is 2. The lowest BCUT2D eigenvalue weighted by molar-refractivity contribution is -0.0427. The highest BCUT2D eigenvalue weighted by Crippen LogP contribution is 2.32. The van der Waals surface area contributed by atoms with Crippen molar-refractivity contribution >= 4 is 0 Å². The van der Waals surface area contributed by atoms with E-state index in [0.29, 0.717) is 6.42 Å². The van der Waals surface area contributed by atoms with Crippen molar-refractivity contribution in [1.82, 2.24) is 0 Å². The first-order chi connectivity index (χ1) is 8.11. The van der Waals surface area contributed by atoms with Crippen LogP contribution in [0.2, 0.25) is 0 Å². The Morgan fingerprint density at radius 3 is 2.41 bits per heavy atom. The quantitative estimate of drug-likeness (QED) is 0.877. The van der Waals surface area contributed by atoms with E-state index in [1.165, 1.54) is 12.1 Å². The van der Waals surface area contributed by atoms with Gasteiger partial charge in [0.15, 0.2) is 0 Å². The van der Waals surface area contributed by atoms with Gasteiger partial charge in [-0.2, -0.15) is 0 Å². The van der Waals surface area contributed by atoms with Gasteiger partial charge in [-0.25, -0.2) is 4.39 Å². The van der Waals surface area contributed by atoms with Crippen LogP contribution in [0.3, 0.4) is 0 Å². The fourth-order valence-electron chi connectivity index (χ4n) is 2.52. The lowest BCUT2D eigenvalue weighted by Gasteiger charge is -2.35. The van der Waals surface area contributed by atoms with Gasteiger partial charge < -0.3 is 9.84 Å². The molecule has 0 atom stereocenters. The smallest absolute Gasteiger partial charge is 0.123 e. The zero-order chi connectivity index (χ0) is 12.3. The summed E-state index contributed by atoms with van der Waals surface area (Å²) in [6.45, 7) is 0. The summed E-state index contributed by atoms with van der Waals surface area (Å²) in [6.07, 6.45) is 4.18. The van der Waals surface area contributed by atoms with Crippen molar-refractivity contribution in [2.45, 2.75) is 43.8 Å². The maximum atomic E-state index is 12.8. The molecule has 1 aromatic rings. The summed E-state index contributed by atoms with van der Waals surface area (Å²) in [5, 5.41) is 10.5. The molecule has 0 bridgehead atoms. The molecule has 0 saturated heterocycles. The summed E-state index contributed by atoms with van der Waals surface area (Å²) in [4.78, 5) is 0. The zero-order valence-corrected chi connectivity index (χ0v) is 10.2. The third kappa shape index (κ3) is 3.27. The van der Waals surface area contributed by atoms with Gasteiger partial charge in [-0.15, -0.1) is 0 Å². The number of benzene rings is 1. The predicted molar refractivity (Wildman–Crippen MR) is 64.3 cm³/mol. The summed E-state index contributed by atoms with van der Waals surface area (Å²) in [5.41, 5.74) is 0.345. The molecule has 94 valence electrons. The Bertz CT molecular complexity index is 353. The third-order valence-corrected chi connectivity index (χ3v) is 3.64. The second-order valence-corrected chi connectivity index (χ2v) is 4.96. The number of ether oxygens (including phenoxy) is 1. The topological polar surface area (TPSA) is 29.5 Å². The molecule has 0 heterocycles. The van der Waals surface area contributed by atoms with Gasteiger partial charge in [0.2, 0.25) is 0 Å². The molecular weight excluding hydrogens is 219 g/mol. The predicted octanol–water partition coefficient (Wildman–Crippen LogP) is 2.69. The molecule has 0 unspecified atom stereocenters. The van der Waals surface area contributed by atoms with Crippen LogP contribution in [0.15, 0.2) is 24.3 Å². The third-order valence-electron chi connectivity index (χ3n) is 3.64. The highest BCUT2D eigenvalue weighted by molar-refractivity contribution is 5.18. The lowest BCUT2D eigenvalue weighted by atomic mass is 9.79. The molecule has 1 aromatic carbocycles. The molecular formula is C14H19FO2. The van der Waals surface area contributed by atoms with Gasteiger partial charge in [0.25, 0.3) is 0 Å². The minimum absolute atomic E-state index is 0.233. The molecule has 1 saturated carbocycles. The number of halogens is 1. The fraction of sp³-hybridized carbons (Fsp3) is 0.571. The van der Waals surface area contributed by atoms with E-state index >= 15 is 0 Å². The molecule has 0 aromatic heterocycles. The average molecular weight is 238 g/mol. The van der Waals surface area contributed by atoms with Gasteiger partial charge in [-0.3, -0.25) is 0 Å². The first kappa shape index (κ1) is 12.5. The van der Waals surface area contributed by atoms with Crippen LogP contribution in [-0.2, 0) is 11.2 Å². The molecule has 1 fully saturated rings. The van der Waals surface area contributed by atoms with Crippen molar-refractivity contribution in [2.75, 3.05) is 7.11 Å². The second-order valence-electron chi connectivity index (χ2n) is 4.96. The standard InChI is InChI=1S/C14H19FO2/c1-17-13-6-8-14(16,9-7-13)10-11-2-4-12(15)5-3-11/h2-5,13,16H,6-10H2,1H3. The van der Waals surface area contributed by atoms with E-state index in [2.05, 4.69) is 0 Å². The first-order valence-electron chi connectivity index (χ1n) is 6.11. The second kappa shape index (κ2) is 5.15. The van der Waals surface area contributed by atoms with E-state index < -0.39 is 5.60 Å². The normalized spacial score (nSPS) is 29.2. The van der Waals surface area contributed by atoms with Crippen molar-refractivity contribution in [3.8, 4) is 0 Å². The summed E-state index contributed by atoms with van der Waals surface area (Å²) in [5.74, 6) is -0.233. The molecule has 17 heavy (non-hydrogen) atoms. The largest absolute Gasteiger partial charge is 0.390 e. The van der Waals surface area contributed by atoms with Crippen LogP contribution in [-0.4, -0.2) is 23.9 Å². The Balaban J connectivity index is 1.96. The highest BCUT2D eigenvalue weighted by atomic mass is 19.1. The minimum Gasteiger partial charge on any atom is -0.390 e. The van der Waals surface area contributed by atoms with Crippen molar-refractivity contribution in [1.29, 1.82) is 0 Å². The SMILES string of the molecule is COC1CCC(O)(Cc2ccc(F)cc2)CC1. The summed E-state index contributed by atoms with van der Waals surface area (Å²) >= 11 is 0. The number of aliphatic hydroxyl groups is 1. The van der Waals surface area contributed by atoms with E-state index in [1.807, 2.05) is 0 Å². The number of methoxy groups -OCH3 is 1. The Kier molecular flexibility index (Phi) is 3.79. The van der Waals surface area contributed by atoms with Crippen LogP contribution in [0.5, 0.6) is 0 Å². The van der Waals surface area contributed by atoms with Gasteiger partial charge in [0.1, 0.15) is 5.82 Å². The molecule has 3 heteroatoms. The lowest BCUT2D eigenvalue weighted by Crippen LogP contribution is -2.38. The monoisotopic (exact) mass is 238 g/mol.